The zero-order chi connectivity index (χ0) is 33.4. The van der Waals surface area contributed by atoms with Crippen molar-refractivity contribution in [2.75, 3.05) is 6.61 Å². The van der Waals surface area contributed by atoms with Crippen molar-refractivity contribution < 1.29 is 25.2 Å². The van der Waals surface area contributed by atoms with E-state index in [1.807, 2.05) is 0 Å². The monoisotopic (exact) mass is 642 g/mol. The fourth-order valence-corrected chi connectivity index (χ4v) is 6.29. The van der Waals surface area contributed by atoms with Crippen LogP contribution in [0.3, 0.4) is 0 Å². The molecule has 6 nitrogen and oxygen atoms in total. The summed E-state index contributed by atoms with van der Waals surface area (Å²) in [6, 6.07) is -0.978. The zero-order valence-electron chi connectivity index (χ0n) is 30.3. The third kappa shape index (κ3) is 29.2. The van der Waals surface area contributed by atoms with Gasteiger partial charge in [-0.05, 0) is 18.8 Å². The molecule has 4 unspecified atom stereocenters. The molecule has 0 aromatic rings. The summed E-state index contributed by atoms with van der Waals surface area (Å²) in [6.07, 6.45) is 31.3. The van der Waals surface area contributed by atoms with Crippen LogP contribution in [0, 0.1) is 5.92 Å². The first-order valence-corrected chi connectivity index (χ1v) is 19.8. The lowest BCUT2D eigenvalue weighted by Crippen LogP contribution is -2.53. The van der Waals surface area contributed by atoms with Gasteiger partial charge in [0.2, 0.25) is 5.91 Å². The lowest BCUT2D eigenvalue weighted by Gasteiger charge is -2.27. The number of hydrogen-bond donors (Lipinski definition) is 5. The molecule has 0 saturated heterocycles. The molecule has 0 fully saturated rings. The smallest absolute Gasteiger partial charge is 0.249 e. The Morgan fingerprint density at radius 3 is 1.20 bits per heavy atom. The van der Waals surface area contributed by atoms with E-state index in [1.165, 1.54) is 135 Å². The molecule has 270 valence electrons. The summed E-state index contributed by atoms with van der Waals surface area (Å²) in [5, 5.41) is 43.5. The van der Waals surface area contributed by atoms with Crippen LogP contribution in [0.25, 0.3) is 0 Å². The van der Waals surface area contributed by atoms with E-state index in [1.54, 1.807) is 0 Å². The zero-order valence-corrected chi connectivity index (χ0v) is 30.3. The number of amides is 1. The Balaban J connectivity index is 3.75. The first-order chi connectivity index (χ1) is 21.8. The van der Waals surface area contributed by atoms with E-state index in [2.05, 4.69) is 26.1 Å². The minimum absolute atomic E-state index is 0.374. The van der Waals surface area contributed by atoms with Gasteiger partial charge in [0, 0.05) is 0 Å². The van der Waals surface area contributed by atoms with Crippen molar-refractivity contribution in [2.24, 2.45) is 5.92 Å². The molecule has 0 aliphatic carbocycles. The molecule has 0 bridgehead atoms. The number of aliphatic hydroxyl groups is 4. The molecule has 0 aliphatic heterocycles. The first-order valence-electron chi connectivity index (χ1n) is 19.8. The summed E-state index contributed by atoms with van der Waals surface area (Å²) in [7, 11) is 0. The predicted octanol–water partition coefficient (Wildman–Crippen LogP) is 9.54. The second kappa shape index (κ2) is 33.2. The van der Waals surface area contributed by atoms with Crippen molar-refractivity contribution in [2.45, 2.75) is 231 Å². The van der Waals surface area contributed by atoms with Crippen LogP contribution in [0.2, 0.25) is 0 Å². The average Bonchev–Trinajstić information content (AvgIpc) is 3.03. The molecule has 0 rings (SSSR count). The number of rotatable bonds is 35. The number of hydrogen-bond acceptors (Lipinski definition) is 5. The number of nitrogens with one attached hydrogen (secondary N) is 1. The normalized spacial score (nSPS) is 14.5. The van der Waals surface area contributed by atoms with Gasteiger partial charge in [-0.1, -0.05) is 194 Å². The van der Waals surface area contributed by atoms with Gasteiger partial charge in [-0.2, -0.15) is 0 Å². The standard InChI is InChI=1S/C39H79NO5/c1-4-5-6-7-8-9-10-11-12-13-14-15-16-19-23-26-29-32-37(43)39(45)40-35(33-41)38(44)36(42)31-28-25-22-20-17-18-21-24-27-30-34(2)3/h34-38,41-44H,4-33H2,1-3H3,(H,40,45). The Morgan fingerprint density at radius 2 is 0.844 bits per heavy atom. The third-order valence-corrected chi connectivity index (χ3v) is 9.50. The van der Waals surface area contributed by atoms with E-state index in [4.69, 9.17) is 0 Å². The van der Waals surface area contributed by atoms with Gasteiger partial charge in [0.15, 0.2) is 0 Å². The molecule has 0 spiro atoms. The Hall–Kier alpha value is -0.690. The molecule has 0 aliphatic rings. The topological polar surface area (TPSA) is 110 Å². The van der Waals surface area contributed by atoms with Crippen molar-refractivity contribution in [3.8, 4) is 0 Å². The minimum atomic E-state index is -1.25. The van der Waals surface area contributed by atoms with Crippen molar-refractivity contribution in [3.63, 3.8) is 0 Å². The first kappa shape index (κ1) is 44.3. The lowest BCUT2D eigenvalue weighted by molar-refractivity contribution is -0.132. The van der Waals surface area contributed by atoms with E-state index in [0.717, 1.165) is 44.4 Å². The molecular formula is C39H79NO5. The van der Waals surface area contributed by atoms with E-state index in [-0.39, 0.29) is 0 Å². The van der Waals surface area contributed by atoms with Gasteiger partial charge in [0.1, 0.15) is 12.2 Å². The quantitative estimate of drug-likeness (QED) is 0.0443. The largest absolute Gasteiger partial charge is 0.394 e. The highest BCUT2D eigenvalue weighted by molar-refractivity contribution is 5.80. The maximum atomic E-state index is 12.5. The van der Waals surface area contributed by atoms with E-state index >= 15 is 0 Å². The summed E-state index contributed by atoms with van der Waals surface area (Å²) >= 11 is 0. The number of carbonyl (C=O) groups excluding carboxylic acids is 1. The molecule has 0 radical (unpaired) electrons. The van der Waals surface area contributed by atoms with Crippen molar-refractivity contribution in [1.29, 1.82) is 0 Å². The predicted molar refractivity (Wildman–Crippen MR) is 191 cm³/mol. The van der Waals surface area contributed by atoms with Crippen LogP contribution >= 0.6 is 0 Å². The van der Waals surface area contributed by atoms with Gasteiger partial charge in [-0.3, -0.25) is 4.79 Å². The van der Waals surface area contributed by atoms with E-state index in [9.17, 15) is 25.2 Å². The highest BCUT2D eigenvalue weighted by Gasteiger charge is 2.28. The second-order valence-corrected chi connectivity index (χ2v) is 14.5. The molecule has 5 N–H and O–H groups in total. The molecule has 0 saturated carbocycles. The van der Waals surface area contributed by atoms with Gasteiger partial charge in [0.05, 0.1) is 18.8 Å². The summed E-state index contributed by atoms with van der Waals surface area (Å²) < 4.78 is 0. The maximum Gasteiger partial charge on any atom is 0.249 e. The Kier molecular flexibility index (Phi) is 32.7. The summed E-state index contributed by atoms with van der Waals surface area (Å²) in [6.45, 7) is 6.35. The van der Waals surface area contributed by atoms with Crippen LogP contribution < -0.4 is 5.32 Å². The summed E-state index contributed by atoms with van der Waals surface area (Å²) in [5.41, 5.74) is 0. The maximum absolute atomic E-state index is 12.5. The second-order valence-electron chi connectivity index (χ2n) is 14.5. The molecular weight excluding hydrogens is 562 g/mol. The number of unbranched alkanes of at least 4 members (excludes halogenated alkanes) is 24. The molecule has 0 aromatic heterocycles. The van der Waals surface area contributed by atoms with Crippen LogP contribution in [0.15, 0.2) is 0 Å². The Bertz CT molecular complexity index is 616. The minimum Gasteiger partial charge on any atom is -0.394 e. The van der Waals surface area contributed by atoms with Crippen LogP contribution in [-0.4, -0.2) is 57.3 Å². The van der Waals surface area contributed by atoms with Gasteiger partial charge >= 0.3 is 0 Å². The van der Waals surface area contributed by atoms with Gasteiger partial charge in [0.25, 0.3) is 0 Å². The average molecular weight is 642 g/mol. The molecule has 0 aromatic carbocycles. The third-order valence-electron chi connectivity index (χ3n) is 9.50. The van der Waals surface area contributed by atoms with Crippen molar-refractivity contribution in [3.05, 3.63) is 0 Å². The van der Waals surface area contributed by atoms with Gasteiger partial charge < -0.3 is 25.7 Å². The van der Waals surface area contributed by atoms with Gasteiger partial charge in [-0.25, -0.2) is 0 Å². The van der Waals surface area contributed by atoms with Gasteiger partial charge in [-0.15, -0.1) is 0 Å². The fraction of sp³-hybridized carbons (Fsp3) is 0.974. The highest BCUT2D eigenvalue weighted by Crippen LogP contribution is 2.17. The SMILES string of the molecule is CCCCCCCCCCCCCCCCCCCC(O)C(=O)NC(CO)C(O)C(O)CCCCCCCCCCCC(C)C. The lowest BCUT2D eigenvalue weighted by atomic mass is 9.99. The van der Waals surface area contributed by atoms with Crippen LogP contribution in [0.5, 0.6) is 0 Å². The molecule has 1 amide bonds. The van der Waals surface area contributed by atoms with Crippen molar-refractivity contribution in [1.82, 2.24) is 5.32 Å². The van der Waals surface area contributed by atoms with Crippen LogP contribution in [0.1, 0.15) is 207 Å². The van der Waals surface area contributed by atoms with E-state index in [0.29, 0.717) is 12.8 Å². The van der Waals surface area contributed by atoms with Crippen molar-refractivity contribution >= 4 is 5.91 Å². The number of carbonyl (C=O) groups is 1. The Morgan fingerprint density at radius 1 is 0.511 bits per heavy atom. The summed E-state index contributed by atoms with van der Waals surface area (Å²) in [5.74, 6) is 0.221. The number of aliphatic hydroxyl groups excluding tert-OH is 4. The summed E-state index contributed by atoms with van der Waals surface area (Å²) in [4.78, 5) is 12.5. The fourth-order valence-electron chi connectivity index (χ4n) is 6.29. The molecule has 0 heterocycles. The van der Waals surface area contributed by atoms with Crippen LogP contribution in [-0.2, 0) is 4.79 Å². The van der Waals surface area contributed by atoms with E-state index < -0.39 is 36.9 Å². The molecule has 6 heteroatoms. The Labute approximate surface area is 279 Å². The molecule has 45 heavy (non-hydrogen) atoms. The highest BCUT2D eigenvalue weighted by atomic mass is 16.3. The van der Waals surface area contributed by atoms with Crippen LogP contribution in [0.4, 0.5) is 0 Å². The molecule has 4 atom stereocenters.